The normalized spacial score (nSPS) is 11.3. The predicted octanol–water partition coefficient (Wildman–Crippen LogP) is 14.4. The van der Waals surface area contributed by atoms with Gasteiger partial charge in [0.25, 0.3) is 0 Å². The number of anilines is 3. The van der Waals surface area contributed by atoms with E-state index in [1.165, 1.54) is 71.6 Å². The fraction of sp³-hybridized carbons (Fsp3) is 0. The Kier molecular flexibility index (Phi) is 7.85. The van der Waals surface area contributed by atoms with Crippen molar-refractivity contribution < 1.29 is 0 Å². The molecule has 10 aromatic rings. The fourth-order valence-corrected chi connectivity index (χ4v) is 8.08. The maximum Gasteiger partial charge on any atom is 0.0562 e. The number of hydrogen-bond acceptors (Lipinski definition) is 1. The zero-order valence-electron chi connectivity index (χ0n) is 29.7. The highest BCUT2D eigenvalue weighted by Gasteiger charge is 2.23. The number of benzene rings is 9. The number of para-hydroxylation sites is 2. The minimum Gasteiger partial charge on any atom is -0.309 e. The molecule has 54 heavy (non-hydrogen) atoms. The first kappa shape index (κ1) is 31.6. The Balaban J connectivity index is 1.18. The highest BCUT2D eigenvalue weighted by Crippen LogP contribution is 2.47. The molecule has 0 unspecified atom stereocenters. The zero-order chi connectivity index (χ0) is 35.8. The second-order valence-corrected chi connectivity index (χ2v) is 13.7. The topological polar surface area (TPSA) is 8.17 Å². The number of fused-ring (bicyclic) bond motifs is 4. The maximum atomic E-state index is 2.45. The van der Waals surface area contributed by atoms with Crippen molar-refractivity contribution in [1.82, 2.24) is 4.57 Å². The van der Waals surface area contributed by atoms with E-state index in [2.05, 4.69) is 228 Å². The summed E-state index contributed by atoms with van der Waals surface area (Å²) in [7, 11) is 0. The molecule has 254 valence electrons. The average Bonchev–Trinajstić information content (AvgIpc) is 3.59. The Hall–Kier alpha value is -7.16. The van der Waals surface area contributed by atoms with Crippen LogP contribution >= 0.6 is 0 Å². The van der Waals surface area contributed by atoms with E-state index in [-0.39, 0.29) is 0 Å². The van der Waals surface area contributed by atoms with Crippen LogP contribution < -0.4 is 4.90 Å². The molecule has 0 spiro atoms. The van der Waals surface area contributed by atoms with Crippen molar-refractivity contribution in [2.45, 2.75) is 0 Å². The van der Waals surface area contributed by atoms with Crippen LogP contribution in [-0.2, 0) is 0 Å². The molecule has 1 heterocycles. The Morgan fingerprint density at radius 3 is 1.56 bits per heavy atom. The van der Waals surface area contributed by atoms with Crippen LogP contribution in [0.4, 0.5) is 17.1 Å². The number of rotatable bonds is 7. The summed E-state index contributed by atoms with van der Waals surface area (Å²) < 4.78 is 2.44. The van der Waals surface area contributed by atoms with Crippen molar-refractivity contribution >= 4 is 49.6 Å². The predicted molar refractivity (Wildman–Crippen MR) is 229 cm³/mol. The highest BCUT2D eigenvalue weighted by molar-refractivity contribution is 6.17. The minimum atomic E-state index is 1.09. The summed E-state index contributed by atoms with van der Waals surface area (Å²) in [6.07, 6.45) is 0. The van der Waals surface area contributed by atoms with Crippen molar-refractivity contribution in [3.8, 4) is 39.1 Å². The quantitative estimate of drug-likeness (QED) is 0.162. The standard InChI is InChI=1S/C52H36N2/c1-3-15-37(16-4-1)38-29-31-39(32-30-38)40-33-35-43(36-34-40)53(47-24-11-9-22-44(47)41-17-5-2-6-18-41)50-27-14-28-51-52(50)46-23-10-12-25-49(46)54(51)48-26-13-20-42-19-7-8-21-45(42)48/h1-36H. The molecule has 0 aliphatic heterocycles. The van der Waals surface area contributed by atoms with E-state index in [1.807, 2.05) is 0 Å². The van der Waals surface area contributed by atoms with E-state index in [0.29, 0.717) is 0 Å². The monoisotopic (exact) mass is 688 g/mol. The van der Waals surface area contributed by atoms with Gasteiger partial charge in [0.15, 0.2) is 0 Å². The molecule has 0 radical (unpaired) electrons. The second kappa shape index (κ2) is 13.4. The van der Waals surface area contributed by atoms with Crippen LogP contribution in [0, 0.1) is 0 Å². The summed E-state index contributed by atoms with van der Waals surface area (Å²) in [6, 6.07) is 78.8. The van der Waals surface area contributed by atoms with Crippen LogP contribution in [0.15, 0.2) is 218 Å². The van der Waals surface area contributed by atoms with Gasteiger partial charge in [0.05, 0.1) is 28.1 Å². The van der Waals surface area contributed by atoms with E-state index in [9.17, 15) is 0 Å². The lowest BCUT2D eigenvalue weighted by molar-refractivity contribution is 1.20. The maximum absolute atomic E-state index is 2.45. The van der Waals surface area contributed by atoms with E-state index < -0.39 is 0 Å². The zero-order valence-corrected chi connectivity index (χ0v) is 29.7. The van der Waals surface area contributed by atoms with Gasteiger partial charge in [-0.2, -0.15) is 0 Å². The molecule has 0 bridgehead atoms. The van der Waals surface area contributed by atoms with E-state index in [1.54, 1.807) is 0 Å². The summed E-state index contributed by atoms with van der Waals surface area (Å²) in [4.78, 5) is 2.45. The van der Waals surface area contributed by atoms with Gasteiger partial charge in [-0.25, -0.2) is 0 Å². The van der Waals surface area contributed by atoms with Crippen LogP contribution in [0.2, 0.25) is 0 Å². The molecule has 0 aliphatic rings. The second-order valence-electron chi connectivity index (χ2n) is 13.7. The van der Waals surface area contributed by atoms with Crippen LogP contribution in [-0.4, -0.2) is 4.57 Å². The highest BCUT2D eigenvalue weighted by atomic mass is 15.2. The Bertz CT molecular complexity index is 2900. The van der Waals surface area contributed by atoms with E-state index >= 15 is 0 Å². The average molecular weight is 689 g/mol. The van der Waals surface area contributed by atoms with Gasteiger partial charge in [-0.3, -0.25) is 0 Å². The molecule has 0 saturated heterocycles. The molecule has 0 N–H and O–H groups in total. The Labute approximate surface area is 315 Å². The van der Waals surface area contributed by atoms with Crippen LogP contribution in [0.5, 0.6) is 0 Å². The number of nitrogens with zero attached hydrogens (tertiary/aromatic N) is 2. The molecule has 1 aromatic heterocycles. The molecular formula is C52H36N2. The lowest BCUT2D eigenvalue weighted by atomic mass is 9.99. The molecular weight excluding hydrogens is 653 g/mol. The molecule has 2 nitrogen and oxygen atoms in total. The van der Waals surface area contributed by atoms with Crippen molar-refractivity contribution in [1.29, 1.82) is 0 Å². The summed E-state index contributed by atoms with van der Waals surface area (Å²) in [5.41, 5.74) is 14.0. The molecule has 0 fully saturated rings. The van der Waals surface area contributed by atoms with Gasteiger partial charge < -0.3 is 9.47 Å². The first-order valence-corrected chi connectivity index (χ1v) is 18.5. The lowest BCUT2D eigenvalue weighted by Crippen LogP contribution is -2.11. The van der Waals surface area contributed by atoms with Gasteiger partial charge in [-0.1, -0.05) is 176 Å². The van der Waals surface area contributed by atoms with Gasteiger partial charge in [-0.15, -0.1) is 0 Å². The van der Waals surface area contributed by atoms with Crippen molar-refractivity contribution in [3.63, 3.8) is 0 Å². The minimum absolute atomic E-state index is 1.09. The number of hydrogen-bond donors (Lipinski definition) is 0. The summed E-state index contributed by atoms with van der Waals surface area (Å²) in [5, 5.41) is 4.88. The molecule has 0 atom stereocenters. The van der Waals surface area contributed by atoms with Crippen molar-refractivity contribution in [3.05, 3.63) is 218 Å². The summed E-state index contributed by atoms with van der Waals surface area (Å²) >= 11 is 0. The van der Waals surface area contributed by atoms with Gasteiger partial charge >= 0.3 is 0 Å². The molecule has 9 aromatic carbocycles. The Morgan fingerprint density at radius 1 is 0.315 bits per heavy atom. The van der Waals surface area contributed by atoms with E-state index in [0.717, 1.165) is 17.1 Å². The largest absolute Gasteiger partial charge is 0.309 e. The third-order valence-corrected chi connectivity index (χ3v) is 10.6. The molecule has 0 amide bonds. The molecule has 0 saturated carbocycles. The first-order valence-electron chi connectivity index (χ1n) is 18.5. The van der Waals surface area contributed by atoms with E-state index in [4.69, 9.17) is 0 Å². The molecule has 10 rings (SSSR count). The number of aromatic nitrogens is 1. The third kappa shape index (κ3) is 5.44. The third-order valence-electron chi connectivity index (χ3n) is 10.6. The van der Waals surface area contributed by atoms with Crippen LogP contribution in [0.25, 0.3) is 71.6 Å². The summed E-state index contributed by atoms with van der Waals surface area (Å²) in [5.74, 6) is 0. The van der Waals surface area contributed by atoms with Crippen molar-refractivity contribution in [2.75, 3.05) is 4.90 Å². The Morgan fingerprint density at radius 2 is 0.815 bits per heavy atom. The van der Waals surface area contributed by atoms with Gasteiger partial charge in [0.2, 0.25) is 0 Å². The summed E-state index contributed by atoms with van der Waals surface area (Å²) in [6.45, 7) is 0. The van der Waals surface area contributed by atoms with Crippen molar-refractivity contribution in [2.24, 2.45) is 0 Å². The van der Waals surface area contributed by atoms with Gasteiger partial charge in [0, 0.05) is 27.4 Å². The first-order chi connectivity index (χ1) is 26.8. The smallest absolute Gasteiger partial charge is 0.0562 e. The van der Waals surface area contributed by atoms with Crippen LogP contribution in [0.1, 0.15) is 0 Å². The molecule has 0 aliphatic carbocycles. The van der Waals surface area contributed by atoms with Crippen LogP contribution in [0.3, 0.4) is 0 Å². The van der Waals surface area contributed by atoms with Gasteiger partial charge in [0.1, 0.15) is 0 Å². The fourth-order valence-electron chi connectivity index (χ4n) is 8.08. The lowest BCUT2D eigenvalue weighted by Gasteiger charge is -2.29. The molecule has 2 heteroatoms. The van der Waals surface area contributed by atoms with Gasteiger partial charge in [-0.05, 0) is 75.7 Å². The SMILES string of the molecule is c1ccc(-c2ccc(-c3ccc(N(c4ccccc4-c4ccccc4)c4cccc5c4c4ccccc4n5-c4cccc5ccccc45)cc3)cc2)cc1.